The van der Waals surface area contributed by atoms with Gasteiger partial charge in [0.25, 0.3) is 0 Å². The van der Waals surface area contributed by atoms with E-state index in [1.807, 2.05) is 0 Å². The molecule has 0 radical (unpaired) electrons. The maximum Gasteiger partial charge on any atom is 0.524 e. The van der Waals surface area contributed by atoms with Crippen LogP contribution in [0.4, 0.5) is 17.3 Å². The Balaban J connectivity index is 1.56. The second kappa shape index (κ2) is 9.93. The summed E-state index contributed by atoms with van der Waals surface area (Å²) in [6.07, 6.45) is 4.03. The van der Waals surface area contributed by atoms with Gasteiger partial charge >= 0.3 is 7.82 Å². The molecule has 190 valence electrons. The Morgan fingerprint density at radius 3 is 2.39 bits per heavy atom. The number of hydrogen-bond acceptors (Lipinski definition) is 10. The summed E-state index contributed by atoms with van der Waals surface area (Å²) in [6.45, 7) is 0. The first kappa shape index (κ1) is 25.7. The first-order valence-electron chi connectivity index (χ1n) is 9.86. The van der Waals surface area contributed by atoms with Crippen LogP contribution in [0.15, 0.2) is 60.9 Å². The minimum Gasteiger partial charge on any atom is -0.755 e. The van der Waals surface area contributed by atoms with Gasteiger partial charge in [-0.1, -0.05) is 0 Å². The molecule has 4 rings (SSSR count). The molecule has 36 heavy (non-hydrogen) atoms. The summed E-state index contributed by atoms with van der Waals surface area (Å²) in [5.74, 6) is -0.495. The summed E-state index contributed by atoms with van der Waals surface area (Å²) in [6, 6.07) is 11.8. The van der Waals surface area contributed by atoms with Crippen LogP contribution in [0, 0.1) is 0 Å². The molecular weight excluding hydrogens is 535 g/mol. The van der Waals surface area contributed by atoms with Crippen molar-refractivity contribution in [3.05, 3.63) is 60.9 Å². The fourth-order valence-corrected chi connectivity index (χ4v) is 5.29. The van der Waals surface area contributed by atoms with Crippen LogP contribution in [0.1, 0.15) is 0 Å². The lowest BCUT2D eigenvalue weighted by molar-refractivity contribution is 0.283. The molecule has 2 aromatic carbocycles. The van der Waals surface area contributed by atoms with Gasteiger partial charge in [-0.25, -0.2) is 22.6 Å². The Hall–Kier alpha value is -3.40. The molecule has 1 unspecified atom stereocenters. The second-order valence-electron chi connectivity index (χ2n) is 7.43. The molecule has 0 aliphatic rings. The fourth-order valence-electron chi connectivity index (χ4n) is 3.11. The Kier molecular flexibility index (Phi) is 7.08. The van der Waals surface area contributed by atoms with Crippen LogP contribution in [0.5, 0.6) is 5.75 Å². The van der Waals surface area contributed by atoms with Crippen LogP contribution in [0.2, 0.25) is 0 Å². The van der Waals surface area contributed by atoms with E-state index < -0.39 is 34.8 Å². The van der Waals surface area contributed by atoms with Crippen LogP contribution in [-0.2, 0) is 25.7 Å². The Morgan fingerprint density at radius 1 is 1.14 bits per heavy atom. The first-order chi connectivity index (χ1) is 16.9. The van der Waals surface area contributed by atoms with E-state index in [0.29, 0.717) is 22.4 Å². The molecule has 4 aromatic rings. The second-order valence-corrected chi connectivity index (χ2v) is 11.6. The Morgan fingerprint density at radius 2 is 1.81 bits per heavy atom. The smallest absolute Gasteiger partial charge is 0.524 e. The van der Waals surface area contributed by atoms with Crippen molar-refractivity contribution in [2.75, 3.05) is 21.8 Å². The minimum absolute atomic E-state index is 0.0140. The topological polar surface area (TPSA) is 200 Å². The number of rotatable bonds is 9. The summed E-state index contributed by atoms with van der Waals surface area (Å²) in [4.78, 5) is 26.5. The highest BCUT2D eigenvalue weighted by Gasteiger charge is 2.17. The highest BCUT2D eigenvalue weighted by Crippen LogP contribution is 2.37. The molecule has 0 saturated carbocycles. The van der Waals surface area contributed by atoms with Crippen molar-refractivity contribution >= 4 is 57.3 Å². The summed E-state index contributed by atoms with van der Waals surface area (Å²) < 4.78 is 63.7. The Labute approximate surface area is 207 Å². The molecule has 0 aliphatic carbocycles. The molecule has 0 amide bonds. The molecule has 0 spiro atoms. The lowest BCUT2D eigenvalue weighted by atomic mass is 10.3. The number of benzene rings is 2. The van der Waals surface area contributed by atoms with Crippen LogP contribution in [0.3, 0.4) is 0 Å². The summed E-state index contributed by atoms with van der Waals surface area (Å²) >= 11 is -2.78. The summed E-state index contributed by atoms with van der Waals surface area (Å²) in [5.41, 5.74) is 1.67. The predicted molar refractivity (Wildman–Crippen MR) is 130 cm³/mol. The van der Waals surface area contributed by atoms with E-state index >= 15 is 0 Å². The third-order valence-electron chi connectivity index (χ3n) is 4.56. The van der Waals surface area contributed by atoms with Crippen molar-refractivity contribution in [2.45, 2.75) is 0 Å². The van der Waals surface area contributed by atoms with Crippen LogP contribution in [0.25, 0.3) is 16.7 Å². The average Bonchev–Trinajstić information content (AvgIpc) is 3.20. The number of aromatic nitrogens is 4. The van der Waals surface area contributed by atoms with Crippen molar-refractivity contribution in [2.24, 2.45) is 0 Å². The van der Waals surface area contributed by atoms with Gasteiger partial charge < -0.3 is 14.4 Å². The van der Waals surface area contributed by atoms with E-state index in [0.717, 1.165) is 10.6 Å². The summed E-state index contributed by atoms with van der Waals surface area (Å²) in [7, 11) is -8.26. The lowest BCUT2D eigenvalue weighted by Gasteiger charge is -2.25. The van der Waals surface area contributed by atoms with Crippen molar-refractivity contribution < 1.29 is 36.1 Å². The van der Waals surface area contributed by atoms with Gasteiger partial charge in [0, 0.05) is 35.1 Å². The van der Waals surface area contributed by atoms with Gasteiger partial charge in [0.05, 0.1) is 17.3 Å². The van der Waals surface area contributed by atoms with Gasteiger partial charge in [-0.05, 0) is 48.5 Å². The highest BCUT2D eigenvalue weighted by molar-refractivity contribution is 7.92. The van der Waals surface area contributed by atoms with Gasteiger partial charge in [-0.2, -0.15) is 10.1 Å². The number of phosphoric ester groups is 1. The van der Waals surface area contributed by atoms with Crippen molar-refractivity contribution in [3.63, 3.8) is 0 Å². The van der Waals surface area contributed by atoms with Gasteiger partial charge in [0.2, 0.25) is 5.95 Å². The number of anilines is 3. The number of hydrogen-bond donors (Lipinski definition) is 3. The molecule has 17 heteroatoms. The van der Waals surface area contributed by atoms with E-state index in [1.54, 1.807) is 36.7 Å². The number of phosphoric acid groups is 1. The van der Waals surface area contributed by atoms with E-state index in [1.165, 1.54) is 28.9 Å². The monoisotopic (exact) mass is 553 g/mol. The molecule has 0 saturated heterocycles. The van der Waals surface area contributed by atoms with E-state index in [2.05, 4.69) is 24.9 Å². The number of nitrogens with zero attached hydrogens (tertiary/aromatic N) is 5. The molecule has 0 bridgehead atoms. The quantitative estimate of drug-likeness (QED) is 0.200. The third-order valence-corrected chi connectivity index (χ3v) is 6.60. The zero-order chi connectivity index (χ0) is 26.1. The van der Waals surface area contributed by atoms with Crippen LogP contribution in [-0.4, -0.2) is 58.8 Å². The fraction of sp³-hybridized carbons (Fsp3) is 0.105. The summed E-state index contributed by atoms with van der Waals surface area (Å²) in [5, 5.41) is 7.88. The predicted octanol–water partition coefficient (Wildman–Crippen LogP) is 1.63. The van der Waals surface area contributed by atoms with Crippen molar-refractivity contribution in [1.82, 2.24) is 19.7 Å². The third kappa shape index (κ3) is 6.42. The van der Waals surface area contributed by atoms with Crippen LogP contribution >= 0.6 is 7.82 Å². The average molecular weight is 553 g/mol. The van der Waals surface area contributed by atoms with Crippen LogP contribution < -0.4 is 14.1 Å². The molecule has 2 aromatic heterocycles. The molecular formula is C19H18N6O8PS2-. The van der Waals surface area contributed by atoms with E-state index in [-0.39, 0.29) is 17.4 Å². The zero-order valence-corrected chi connectivity index (χ0v) is 20.9. The van der Waals surface area contributed by atoms with Crippen molar-refractivity contribution in [3.8, 4) is 11.4 Å². The standard InChI is InChI=1S/C19H19N6O8PS2/c1-36(31,32)12-24(35(29)30)15-4-2-14(3-5-15)22-19-20-10-13-11-21-25(18(13)23-19)16-6-8-17(9-7-16)33-34(26,27)28/h2-11H,12H2,1H3,(H,29,30)(H,20,22,23)(H2,26,27,28)/p-1. The maximum absolute atomic E-state index is 11.5. The van der Waals surface area contributed by atoms with Gasteiger partial charge in [-0.15, -0.1) is 0 Å². The molecule has 2 heterocycles. The normalized spacial score (nSPS) is 12.9. The zero-order valence-electron chi connectivity index (χ0n) is 18.3. The largest absolute Gasteiger partial charge is 0.755 e. The number of sulfone groups is 1. The lowest BCUT2D eigenvalue weighted by Crippen LogP contribution is -2.30. The molecule has 14 nitrogen and oxygen atoms in total. The highest BCUT2D eigenvalue weighted by atomic mass is 32.2. The number of nitrogens with one attached hydrogen (secondary N) is 1. The molecule has 3 N–H and O–H groups in total. The van der Waals surface area contributed by atoms with Crippen molar-refractivity contribution in [1.29, 1.82) is 0 Å². The van der Waals surface area contributed by atoms with Gasteiger partial charge in [-0.3, -0.25) is 18.3 Å². The first-order valence-corrected chi connectivity index (χ1v) is 14.5. The van der Waals surface area contributed by atoms with E-state index in [4.69, 9.17) is 9.79 Å². The molecule has 0 fully saturated rings. The number of fused-ring (bicyclic) bond motifs is 1. The van der Waals surface area contributed by atoms with Gasteiger partial charge in [0.1, 0.15) is 11.6 Å². The molecule has 1 atom stereocenters. The van der Waals surface area contributed by atoms with Gasteiger partial charge in [0.15, 0.2) is 15.5 Å². The SMILES string of the molecule is CS(=O)(=O)CN(c1ccc(Nc2ncc3cnn(-c4ccc(OP(=O)(O)O)cc4)c3n2)cc1)S(=O)[O-]. The maximum atomic E-state index is 11.5. The molecule has 0 aliphatic heterocycles. The minimum atomic E-state index is -4.68. The van der Waals surface area contributed by atoms with E-state index in [9.17, 15) is 21.7 Å². The Bertz CT molecular complexity index is 1570.